The van der Waals surface area contributed by atoms with Crippen molar-refractivity contribution in [1.29, 1.82) is 0 Å². The minimum atomic E-state index is -0.196. The molecule has 1 aromatic heterocycles. The number of ether oxygens (including phenoxy) is 2. The SMILES string of the molecule is COc1cc(C(=O)NC2CCN(C(=O)c3ccoc3)CC2)cc(OC)c1Br. The van der Waals surface area contributed by atoms with Crippen molar-refractivity contribution in [3.63, 3.8) is 0 Å². The van der Waals surface area contributed by atoms with Crippen LogP contribution in [0.3, 0.4) is 0 Å². The topological polar surface area (TPSA) is 81.0 Å². The van der Waals surface area contributed by atoms with E-state index in [1.807, 2.05) is 0 Å². The molecule has 27 heavy (non-hydrogen) atoms. The molecule has 1 aliphatic heterocycles. The van der Waals surface area contributed by atoms with Gasteiger partial charge in [0.2, 0.25) is 0 Å². The third-order valence-corrected chi connectivity index (χ3v) is 5.37. The van der Waals surface area contributed by atoms with Crippen molar-refractivity contribution in [1.82, 2.24) is 10.2 Å². The lowest BCUT2D eigenvalue weighted by Crippen LogP contribution is -2.46. The van der Waals surface area contributed by atoms with Gasteiger partial charge < -0.3 is 24.1 Å². The van der Waals surface area contributed by atoms with Crippen LogP contribution in [0.5, 0.6) is 11.5 Å². The van der Waals surface area contributed by atoms with Crippen LogP contribution in [0.2, 0.25) is 0 Å². The van der Waals surface area contributed by atoms with Crippen LogP contribution in [0.1, 0.15) is 33.6 Å². The van der Waals surface area contributed by atoms with Crippen LogP contribution in [0.25, 0.3) is 0 Å². The second-order valence-electron chi connectivity index (χ2n) is 6.25. The Labute approximate surface area is 165 Å². The number of hydrogen-bond acceptors (Lipinski definition) is 5. The van der Waals surface area contributed by atoms with Crippen LogP contribution in [0.4, 0.5) is 0 Å². The molecule has 3 rings (SSSR count). The van der Waals surface area contributed by atoms with Crippen molar-refractivity contribution in [2.75, 3.05) is 27.3 Å². The zero-order valence-corrected chi connectivity index (χ0v) is 16.7. The summed E-state index contributed by atoms with van der Waals surface area (Å²) in [6, 6.07) is 5.00. The fourth-order valence-electron chi connectivity index (χ4n) is 3.06. The molecule has 2 amide bonds. The number of nitrogens with zero attached hydrogens (tertiary/aromatic N) is 1. The molecule has 2 aromatic rings. The van der Waals surface area contributed by atoms with Crippen LogP contribution in [0.15, 0.2) is 39.6 Å². The van der Waals surface area contributed by atoms with E-state index < -0.39 is 0 Å². The lowest BCUT2D eigenvalue weighted by molar-refractivity contribution is 0.0697. The first kappa shape index (κ1) is 19.3. The summed E-state index contributed by atoms with van der Waals surface area (Å²) in [5.41, 5.74) is 1.01. The number of nitrogens with one attached hydrogen (secondary N) is 1. The van der Waals surface area contributed by atoms with Gasteiger partial charge in [0.15, 0.2) is 0 Å². The van der Waals surface area contributed by atoms with Crippen molar-refractivity contribution < 1.29 is 23.5 Å². The summed E-state index contributed by atoms with van der Waals surface area (Å²) in [6.07, 6.45) is 4.33. The number of piperidine rings is 1. The molecule has 0 saturated carbocycles. The summed E-state index contributed by atoms with van der Waals surface area (Å²) in [4.78, 5) is 26.7. The van der Waals surface area contributed by atoms with E-state index in [9.17, 15) is 9.59 Å². The number of carbonyl (C=O) groups excluding carboxylic acids is 2. The highest BCUT2D eigenvalue weighted by Crippen LogP contribution is 2.35. The first-order valence-electron chi connectivity index (χ1n) is 8.57. The van der Waals surface area contributed by atoms with Crippen LogP contribution in [-0.4, -0.2) is 50.1 Å². The number of benzene rings is 1. The van der Waals surface area contributed by atoms with Crippen molar-refractivity contribution in [3.05, 3.63) is 46.3 Å². The second-order valence-corrected chi connectivity index (χ2v) is 7.04. The molecule has 8 heteroatoms. The van der Waals surface area contributed by atoms with Gasteiger partial charge in [0.1, 0.15) is 22.2 Å². The number of hydrogen-bond donors (Lipinski definition) is 1. The van der Waals surface area contributed by atoms with Crippen LogP contribution >= 0.6 is 15.9 Å². The van der Waals surface area contributed by atoms with Crippen molar-refractivity contribution in [2.45, 2.75) is 18.9 Å². The fourth-order valence-corrected chi connectivity index (χ4v) is 3.62. The lowest BCUT2D eigenvalue weighted by atomic mass is 10.0. The molecule has 0 aliphatic carbocycles. The largest absolute Gasteiger partial charge is 0.495 e. The monoisotopic (exact) mass is 436 g/mol. The van der Waals surface area contributed by atoms with Gasteiger partial charge in [-0.25, -0.2) is 0 Å². The molecular weight excluding hydrogens is 416 g/mol. The molecule has 144 valence electrons. The van der Waals surface area contributed by atoms with Crippen LogP contribution in [-0.2, 0) is 0 Å². The molecule has 0 unspecified atom stereocenters. The number of amides is 2. The molecular formula is C19H21BrN2O5. The summed E-state index contributed by atoms with van der Waals surface area (Å²) in [5.74, 6) is 0.815. The van der Waals surface area contributed by atoms with E-state index in [1.54, 1.807) is 23.1 Å². The maximum Gasteiger partial charge on any atom is 0.257 e. The Kier molecular flexibility index (Phi) is 6.05. The summed E-state index contributed by atoms with van der Waals surface area (Å²) in [6.45, 7) is 1.17. The maximum absolute atomic E-state index is 12.6. The highest BCUT2D eigenvalue weighted by molar-refractivity contribution is 9.10. The molecule has 1 N–H and O–H groups in total. The van der Waals surface area contributed by atoms with E-state index in [2.05, 4.69) is 21.2 Å². The van der Waals surface area contributed by atoms with Crippen molar-refractivity contribution >= 4 is 27.7 Å². The predicted molar refractivity (Wildman–Crippen MR) is 102 cm³/mol. The Morgan fingerprint density at radius 3 is 2.30 bits per heavy atom. The van der Waals surface area contributed by atoms with E-state index in [-0.39, 0.29) is 17.9 Å². The average Bonchev–Trinajstić information content (AvgIpc) is 3.23. The third kappa shape index (κ3) is 4.27. The molecule has 0 radical (unpaired) electrons. The van der Waals surface area contributed by atoms with E-state index in [1.165, 1.54) is 26.7 Å². The first-order chi connectivity index (χ1) is 13.0. The number of halogens is 1. The number of likely N-dealkylation sites (tertiary alicyclic amines) is 1. The number of methoxy groups -OCH3 is 2. The van der Waals surface area contributed by atoms with Crippen molar-refractivity contribution in [3.8, 4) is 11.5 Å². The summed E-state index contributed by atoms with van der Waals surface area (Å²) >= 11 is 3.39. The van der Waals surface area contributed by atoms with Gasteiger partial charge in [-0.3, -0.25) is 9.59 Å². The molecule has 0 atom stereocenters. The van der Waals surface area contributed by atoms with E-state index in [0.717, 1.165) is 0 Å². The predicted octanol–water partition coefficient (Wildman–Crippen LogP) is 3.09. The fraction of sp³-hybridized carbons (Fsp3) is 0.368. The zero-order valence-electron chi connectivity index (χ0n) is 15.2. The highest BCUT2D eigenvalue weighted by atomic mass is 79.9. The summed E-state index contributed by atoms with van der Waals surface area (Å²) in [7, 11) is 3.07. The van der Waals surface area contributed by atoms with Gasteiger partial charge in [0, 0.05) is 24.7 Å². The normalized spacial score (nSPS) is 14.7. The summed E-state index contributed by atoms with van der Waals surface area (Å²) < 4.78 is 16.2. The van der Waals surface area contributed by atoms with E-state index in [0.29, 0.717) is 53.0 Å². The Balaban J connectivity index is 1.60. The minimum absolute atomic E-state index is 0.00605. The molecule has 1 aliphatic rings. The van der Waals surface area contributed by atoms with Gasteiger partial charge >= 0.3 is 0 Å². The minimum Gasteiger partial charge on any atom is -0.495 e. The van der Waals surface area contributed by atoms with Gasteiger partial charge in [-0.1, -0.05) is 0 Å². The molecule has 0 bridgehead atoms. The standard InChI is InChI=1S/C19H21BrN2O5/c1-25-15-9-13(10-16(26-2)17(15)20)18(23)21-14-3-6-22(7-4-14)19(24)12-5-8-27-11-12/h5,8-11,14H,3-4,6-7H2,1-2H3,(H,21,23). The second kappa shape index (κ2) is 8.47. The number of carbonyl (C=O) groups is 2. The molecule has 1 saturated heterocycles. The van der Waals surface area contributed by atoms with Gasteiger partial charge in [0.25, 0.3) is 11.8 Å². The Bertz CT molecular complexity index is 789. The quantitative estimate of drug-likeness (QED) is 0.778. The van der Waals surface area contributed by atoms with Crippen molar-refractivity contribution in [2.24, 2.45) is 0 Å². The van der Waals surface area contributed by atoms with E-state index in [4.69, 9.17) is 13.9 Å². The molecule has 1 aromatic carbocycles. The van der Waals surface area contributed by atoms with Crippen LogP contribution < -0.4 is 14.8 Å². The first-order valence-corrected chi connectivity index (χ1v) is 9.36. The number of furan rings is 1. The smallest absolute Gasteiger partial charge is 0.257 e. The third-order valence-electron chi connectivity index (χ3n) is 4.59. The van der Waals surface area contributed by atoms with Gasteiger partial charge in [-0.2, -0.15) is 0 Å². The lowest BCUT2D eigenvalue weighted by Gasteiger charge is -2.32. The Morgan fingerprint density at radius 2 is 1.78 bits per heavy atom. The van der Waals surface area contributed by atoms with Gasteiger partial charge in [0.05, 0.1) is 26.0 Å². The molecule has 0 spiro atoms. The molecule has 7 nitrogen and oxygen atoms in total. The molecule has 1 fully saturated rings. The van der Waals surface area contributed by atoms with E-state index >= 15 is 0 Å². The average molecular weight is 437 g/mol. The summed E-state index contributed by atoms with van der Waals surface area (Å²) in [5, 5.41) is 3.03. The number of rotatable bonds is 5. The zero-order chi connectivity index (χ0) is 19.4. The maximum atomic E-state index is 12.6. The van der Waals surface area contributed by atoms with Crippen LogP contribution in [0, 0.1) is 0 Å². The molecule has 2 heterocycles. The van der Waals surface area contributed by atoms with Gasteiger partial charge in [-0.15, -0.1) is 0 Å². The van der Waals surface area contributed by atoms with Gasteiger partial charge in [-0.05, 0) is 47.0 Å². The highest BCUT2D eigenvalue weighted by Gasteiger charge is 2.26. The Morgan fingerprint density at radius 1 is 1.15 bits per heavy atom. The Hall–Kier alpha value is -2.48.